The van der Waals surface area contributed by atoms with Gasteiger partial charge in [-0.25, -0.2) is 0 Å². The van der Waals surface area contributed by atoms with Crippen molar-refractivity contribution in [3.8, 4) is 0 Å². The molecule has 4 rings (SSSR count). The summed E-state index contributed by atoms with van der Waals surface area (Å²) in [5.41, 5.74) is 2.43. The van der Waals surface area contributed by atoms with Gasteiger partial charge in [-0.05, 0) is 57.2 Å². The largest absolute Gasteiger partial charge is 0.372 e. The zero-order chi connectivity index (χ0) is 19.7. The molecular formula is C22H26N2O3S. The van der Waals surface area contributed by atoms with E-state index in [1.807, 2.05) is 36.9 Å². The Labute approximate surface area is 169 Å². The van der Waals surface area contributed by atoms with Crippen molar-refractivity contribution >= 4 is 28.2 Å². The fourth-order valence-corrected chi connectivity index (χ4v) is 5.42. The van der Waals surface area contributed by atoms with Gasteiger partial charge in [-0.1, -0.05) is 18.2 Å². The number of carbonyl (C=O) groups is 2. The lowest BCUT2D eigenvalue weighted by atomic mass is 9.94. The van der Waals surface area contributed by atoms with Crippen LogP contribution < -0.4 is 5.32 Å². The molecular weight excluding hydrogens is 372 g/mol. The molecule has 1 aromatic heterocycles. The highest BCUT2D eigenvalue weighted by Gasteiger charge is 2.32. The Balaban J connectivity index is 1.66. The van der Waals surface area contributed by atoms with Crippen molar-refractivity contribution in [1.29, 1.82) is 0 Å². The monoisotopic (exact) mass is 398 g/mol. The van der Waals surface area contributed by atoms with E-state index in [0.29, 0.717) is 29.2 Å². The number of aryl methyl sites for hydroxylation is 1. The van der Waals surface area contributed by atoms with E-state index < -0.39 is 0 Å². The number of benzene rings is 1. The summed E-state index contributed by atoms with van der Waals surface area (Å²) < 4.78 is 5.79. The molecule has 28 heavy (non-hydrogen) atoms. The Hall–Kier alpha value is -2.18. The van der Waals surface area contributed by atoms with Gasteiger partial charge >= 0.3 is 0 Å². The van der Waals surface area contributed by atoms with Crippen LogP contribution in [0.4, 0.5) is 5.00 Å². The Morgan fingerprint density at radius 1 is 1.07 bits per heavy atom. The van der Waals surface area contributed by atoms with Gasteiger partial charge in [0.05, 0.1) is 17.8 Å². The van der Waals surface area contributed by atoms with Crippen LogP contribution in [-0.2, 0) is 17.6 Å². The van der Waals surface area contributed by atoms with Crippen molar-refractivity contribution in [3.63, 3.8) is 0 Å². The maximum Gasteiger partial charge on any atom is 0.257 e. The van der Waals surface area contributed by atoms with Crippen LogP contribution in [0.15, 0.2) is 30.3 Å². The van der Waals surface area contributed by atoms with Gasteiger partial charge in [-0.2, -0.15) is 0 Å². The fourth-order valence-electron chi connectivity index (χ4n) is 4.15. The molecule has 0 spiro atoms. The second-order valence-corrected chi connectivity index (χ2v) is 8.81. The summed E-state index contributed by atoms with van der Waals surface area (Å²) in [7, 11) is 0. The molecule has 0 radical (unpaired) electrons. The van der Waals surface area contributed by atoms with E-state index in [9.17, 15) is 9.59 Å². The van der Waals surface area contributed by atoms with Crippen LogP contribution >= 0.6 is 11.3 Å². The maximum atomic E-state index is 13.5. The normalized spacial score (nSPS) is 21.9. The summed E-state index contributed by atoms with van der Waals surface area (Å²) in [6.07, 6.45) is 4.15. The highest BCUT2D eigenvalue weighted by Crippen LogP contribution is 2.39. The quantitative estimate of drug-likeness (QED) is 0.846. The molecule has 0 unspecified atom stereocenters. The van der Waals surface area contributed by atoms with Crippen LogP contribution in [0.25, 0.3) is 0 Å². The summed E-state index contributed by atoms with van der Waals surface area (Å²) in [6.45, 7) is 5.16. The molecule has 1 fully saturated rings. The zero-order valence-corrected chi connectivity index (χ0v) is 17.2. The average Bonchev–Trinajstić information content (AvgIpc) is 3.05. The summed E-state index contributed by atoms with van der Waals surface area (Å²) in [5.74, 6) is -0.151. The van der Waals surface area contributed by atoms with Crippen molar-refractivity contribution in [1.82, 2.24) is 4.90 Å². The molecule has 1 aromatic carbocycles. The van der Waals surface area contributed by atoms with Crippen LogP contribution in [-0.4, -0.2) is 42.0 Å². The van der Waals surface area contributed by atoms with Crippen molar-refractivity contribution < 1.29 is 14.3 Å². The predicted octanol–water partition coefficient (Wildman–Crippen LogP) is 4.13. The van der Waals surface area contributed by atoms with E-state index >= 15 is 0 Å². The number of carbonyl (C=O) groups excluding carboxylic acids is 2. The third-order valence-corrected chi connectivity index (χ3v) is 6.56. The van der Waals surface area contributed by atoms with Crippen LogP contribution in [0.3, 0.4) is 0 Å². The Morgan fingerprint density at radius 2 is 1.75 bits per heavy atom. The van der Waals surface area contributed by atoms with Gasteiger partial charge in [0.15, 0.2) is 0 Å². The number of rotatable bonds is 3. The van der Waals surface area contributed by atoms with Gasteiger partial charge in [-0.15, -0.1) is 11.3 Å². The molecule has 0 saturated carbocycles. The molecule has 2 atom stereocenters. The maximum absolute atomic E-state index is 13.5. The van der Waals surface area contributed by atoms with Gasteiger partial charge in [0, 0.05) is 23.5 Å². The smallest absolute Gasteiger partial charge is 0.257 e. The van der Waals surface area contributed by atoms with Gasteiger partial charge in [0.25, 0.3) is 11.8 Å². The van der Waals surface area contributed by atoms with E-state index in [1.165, 1.54) is 4.88 Å². The number of hydrogen-bond acceptors (Lipinski definition) is 4. The number of anilines is 1. The Morgan fingerprint density at radius 3 is 2.46 bits per heavy atom. The molecule has 2 aliphatic rings. The van der Waals surface area contributed by atoms with Gasteiger partial charge in [0.1, 0.15) is 5.00 Å². The number of nitrogens with zero attached hydrogens (tertiary/aromatic N) is 1. The first-order chi connectivity index (χ1) is 13.5. The first kappa shape index (κ1) is 19.2. The standard InChI is InChI=1S/C22H26N2O3S/c1-14-12-24(13-15(2)27-14)22(26)19-17-10-6-7-11-18(17)28-21(19)23-20(25)16-8-4-3-5-9-16/h3-5,8-9,14-15H,6-7,10-13H2,1-2H3,(H,23,25)/t14-,15-/m1/s1. The zero-order valence-electron chi connectivity index (χ0n) is 16.4. The van der Waals surface area contributed by atoms with Crippen molar-refractivity contribution in [2.75, 3.05) is 18.4 Å². The molecule has 0 bridgehead atoms. The van der Waals surface area contributed by atoms with E-state index in [1.54, 1.807) is 23.5 Å². The van der Waals surface area contributed by atoms with Crippen molar-refractivity contribution in [2.45, 2.75) is 51.7 Å². The Bertz CT molecular complexity index is 867. The highest BCUT2D eigenvalue weighted by molar-refractivity contribution is 7.17. The van der Waals surface area contributed by atoms with Crippen molar-refractivity contribution in [2.24, 2.45) is 0 Å². The molecule has 1 aliphatic carbocycles. The predicted molar refractivity (Wildman–Crippen MR) is 111 cm³/mol. The number of amides is 2. The van der Waals surface area contributed by atoms with Crippen LogP contribution in [0.1, 0.15) is 57.8 Å². The second-order valence-electron chi connectivity index (χ2n) is 7.70. The van der Waals surface area contributed by atoms with Crippen LogP contribution in [0.5, 0.6) is 0 Å². The topological polar surface area (TPSA) is 58.6 Å². The van der Waals surface area contributed by atoms with E-state index in [-0.39, 0.29) is 24.0 Å². The number of ether oxygens (including phenoxy) is 1. The van der Waals surface area contributed by atoms with E-state index in [4.69, 9.17) is 4.74 Å². The summed E-state index contributed by atoms with van der Waals surface area (Å²) in [4.78, 5) is 29.3. The minimum Gasteiger partial charge on any atom is -0.372 e. The molecule has 1 aliphatic heterocycles. The van der Waals surface area contributed by atoms with E-state index in [0.717, 1.165) is 31.2 Å². The van der Waals surface area contributed by atoms with Crippen LogP contribution in [0, 0.1) is 0 Å². The molecule has 1 N–H and O–H groups in total. The molecule has 148 valence electrons. The molecule has 2 heterocycles. The summed E-state index contributed by atoms with van der Waals surface area (Å²) in [5, 5.41) is 3.72. The molecule has 6 heteroatoms. The van der Waals surface area contributed by atoms with Gasteiger partial charge < -0.3 is 15.0 Å². The summed E-state index contributed by atoms with van der Waals surface area (Å²) in [6, 6.07) is 9.15. The van der Waals surface area contributed by atoms with E-state index in [2.05, 4.69) is 5.32 Å². The lowest BCUT2D eigenvalue weighted by Crippen LogP contribution is -2.48. The van der Waals surface area contributed by atoms with Gasteiger partial charge in [0.2, 0.25) is 0 Å². The highest BCUT2D eigenvalue weighted by atomic mass is 32.1. The summed E-state index contributed by atoms with van der Waals surface area (Å²) >= 11 is 1.57. The number of hydrogen-bond donors (Lipinski definition) is 1. The first-order valence-electron chi connectivity index (χ1n) is 9.98. The van der Waals surface area contributed by atoms with Crippen molar-refractivity contribution in [3.05, 3.63) is 51.9 Å². The lowest BCUT2D eigenvalue weighted by molar-refractivity contribution is -0.0586. The lowest BCUT2D eigenvalue weighted by Gasteiger charge is -2.35. The molecule has 2 amide bonds. The number of nitrogens with one attached hydrogen (secondary N) is 1. The third kappa shape index (κ3) is 3.84. The molecule has 2 aromatic rings. The fraction of sp³-hybridized carbons (Fsp3) is 0.455. The number of fused-ring (bicyclic) bond motifs is 1. The minimum absolute atomic E-state index is 0.0181. The molecule has 5 nitrogen and oxygen atoms in total. The second kappa shape index (κ2) is 8.05. The van der Waals surface area contributed by atoms with Gasteiger partial charge in [-0.3, -0.25) is 9.59 Å². The SMILES string of the molecule is C[C@@H]1CN(C(=O)c2c(NC(=O)c3ccccc3)sc3c2CCCC3)C[C@@H](C)O1. The molecule has 1 saturated heterocycles. The van der Waals surface area contributed by atoms with Crippen LogP contribution in [0.2, 0.25) is 0 Å². The third-order valence-electron chi connectivity index (χ3n) is 5.36. The first-order valence-corrected chi connectivity index (χ1v) is 10.8. The number of morpholine rings is 1. The number of thiophene rings is 1. The average molecular weight is 399 g/mol. The Kier molecular flexibility index (Phi) is 5.51. The minimum atomic E-state index is -0.169.